The maximum Gasteiger partial charge on any atom is 0.253 e. The van der Waals surface area contributed by atoms with Gasteiger partial charge in [0.25, 0.3) is 5.91 Å². The van der Waals surface area contributed by atoms with Gasteiger partial charge in [0.05, 0.1) is 10.5 Å². The Morgan fingerprint density at radius 3 is 2.48 bits per heavy atom. The summed E-state index contributed by atoms with van der Waals surface area (Å²) in [5, 5.41) is 7.77. The second-order valence-electron chi connectivity index (χ2n) is 4.51. The van der Waals surface area contributed by atoms with E-state index in [1.807, 2.05) is 0 Å². The molecule has 1 aromatic heterocycles. The van der Waals surface area contributed by atoms with Crippen LogP contribution in [0, 0.1) is 6.92 Å². The zero-order valence-corrected chi connectivity index (χ0v) is 12.2. The van der Waals surface area contributed by atoms with Crippen LogP contribution in [0.5, 0.6) is 0 Å². The molecule has 0 fully saturated rings. The Morgan fingerprint density at radius 2 is 1.90 bits per heavy atom. The summed E-state index contributed by atoms with van der Waals surface area (Å²) in [6.07, 6.45) is 1.62. The number of sulfonamides is 1. The fourth-order valence-electron chi connectivity index (χ4n) is 1.80. The summed E-state index contributed by atoms with van der Waals surface area (Å²) >= 11 is 0. The molecule has 110 valence electrons. The quantitative estimate of drug-likeness (QED) is 0.878. The number of carbonyl (C=O) groups excluding carboxylic acids is 1. The number of primary sulfonamides is 1. The number of nitrogens with zero attached hydrogens (tertiary/aromatic N) is 1. The Hall–Kier alpha value is -2.25. The van der Waals surface area contributed by atoms with Crippen LogP contribution in [0.2, 0.25) is 0 Å². The van der Waals surface area contributed by atoms with E-state index in [1.54, 1.807) is 37.4 Å². The smallest absolute Gasteiger partial charge is 0.253 e. The van der Waals surface area contributed by atoms with E-state index in [1.165, 1.54) is 12.1 Å². The molecule has 2 aromatic rings. The molecule has 21 heavy (non-hydrogen) atoms. The number of hydrogen-bond donors (Lipinski definition) is 2. The van der Waals surface area contributed by atoms with E-state index < -0.39 is 10.0 Å². The van der Waals surface area contributed by atoms with Gasteiger partial charge < -0.3 is 5.32 Å². The average Bonchev–Trinajstić information content (AvgIpc) is 2.45. The Balaban J connectivity index is 2.04. The maximum atomic E-state index is 12.0. The molecule has 0 spiro atoms. The van der Waals surface area contributed by atoms with Crippen molar-refractivity contribution in [3.05, 3.63) is 59.4 Å². The molecule has 6 nitrogen and oxygen atoms in total. The molecule has 0 aliphatic heterocycles. The van der Waals surface area contributed by atoms with Crippen LogP contribution in [-0.2, 0) is 16.6 Å². The van der Waals surface area contributed by atoms with Gasteiger partial charge in [-0.2, -0.15) is 0 Å². The summed E-state index contributed by atoms with van der Waals surface area (Å²) in [5.41, 5.74) is 1.94. The van der Waals surface area contributed by atoms with Gasteiger partial charge in [-0.25, -0.2) is 13.6 Å². The van der Waals surface area contributed by atoms with E-state index in [9.17, 15) is 13.2 Å². The topological polar surface area (TPSA) is 102 Å². The van der Waals surface area contributed by atoms with Gasteiger partial charge in [-0.3, -0.25) is 9.78 Å². The van der Waals surface area contributed by atoms with Crippen molar-refractivity contribution in [1.82, 2.24) is 10.3 Å². The van der Waals surface area contributed by atoms with Crippen molar-refractivity contribution in [1.29, 1.82) is 0 Å². The van der Waals surface area contributed by atoms with Gasteiger partial charge in [0.1, 0.15) is 0 Å². The Bertz CT molecular complexity index is 755. The van der Waals surface area contributed by atoms with E-state index in [0.717, 1.165) is 5.56 Å². The van der Waals surface area contributed by atoms with Crippen molar-refractivity contribution < 1.29 is 13.2 Å². The first-order valence-corrected chi connectivity index (χ1v) is 7.74. The highest BCUT2D eigenvalue weighted by molar-refractivity contribution is 7.89. The molecule has 0 bridgehead atoms. The van der Waals surface area contributed by atoms with Gasteiger partial charge in [0.2, 0.25) is 10.0 Å². The molecule has 1 aromatic carbocycles. The van der Waals surface area contributed by atoms with Gasteiger partial charge in [-0.15, -0.1) is 0 Å². The number of amides is 1. The minimum atomic E-state index is -3.70. The van der Waals surface area contributed by atoms with Crippen LogP contribution in [0.1, 0.15) is 21.6 Å². The second-order valence-corrected chi connectivity index (χ2v) is 6.07. The number of nitrogens with two attached hydrogens (primary N) is 1. The monoisotopic (exact) mass is 305 g/mol. The van der Waals surface area contributed by atoms with Gasteiger partial charge in [0, 0.05) is 18.4 Å². The molecule has 0 aliphatic carbocycles. The maximum absolute atomic E-state index is 12.0. The molecule has 0 aliphatic rings. The lowest BCUT2D eigenvalue weighted by atomic mass is 10.2. The molecule has 1 amide bonds. The molecule has 7 heteroatoms. The van der Waals surface area contributed by atoms with E-state index in [4.69, 9.17) is 5.14 Å². The highest BCUT2D eigenvalue weighted by Crippen LogP contribution is 2.09. The Labute approximate surface area is 123 Å². The van der Waals surface area contributed by atoms with Crippen molar-refractivity contribution in [3.63, 3.8) is 0 Å². The van der Waals surface area contributed by atoms with Crippen LogP contribution in [-0.4, -0.2) is 19.3 Å². The number of carbonyl (C=O) groups is 1. The second kappa shape index (κ2) is 6.02. The molecule has 1 heterocycles. The van der Waals surface area contributed by atoms with Crippen LogP contribution in [0.4, 0.5) is 0 Å². The van der Waals surface area contributed by atoms with Crippen molar-refractivity contribution in [3.8, 4) is 0 Å². The van der Waals surface area contributed by atoms with Crippen molar-refractivity contribution >= 4 is 15.9 Å². The highest BCUT2D eigenvalue weighted by atomic mass is 32.2. The fourth-order valence-corrected chi connectivity index (χ4v) is 2.31. The number of hydrogen-bond acceptors (Lipinski definition) is 4. The van der Waals surface area contributed by atoms with Crippen molar-refractivity contribution in [2.24, 2.45) is 5.14 Å². The summed E-state index contributed by atoms with van der Waals surface area (Å²) in [6, 6.07) is 9.43. The van der Waals surface area contributed by atoms with Crippen LogP contribution in [0.15, 0.2) is 47.5 Å². The lowest BCUT2D eigenvalue weighted by Gasteiger charge is -2.07. The van der Waals surface area contributed by atoms with Gasteiger partial charge in [0.15, 0.2) is 0 Å². The zero-order chi connectivity index (χ0) is 15.5. The van der Waals surface area contributed by atoms with Crippen LogP contribution in [0.3, 0.4) is 0 Å². The predicted molar refractivity (Wildman–Crippen MR) is 78.0 cm³/mol. The molecule has 0 unspecified atom stereocenters. The first kappa shape index (κ1) is 15.1. The van der Waals surface area contributed by atoms with Gasteiger partial charge in [-0.1, -0.05) is 12.1 Å². The molecule has 2 rings (SSSR count). The zero-order valence-electron chi connectivity index (χ0n) is 11.4. The minimum Gasteiger partial charge on any atom is -0.348 e. The number of nitrogens with one attached hydrogen (secondary N) is 1. The molecule has 0 saturated carbocycles. The van der Waals surface area contributed by atoms with E-state index in [-0.39, 0.29) is 17.3 Å². The third kappa shape index (κ3) is 3.87. The number of aromatic nitrogens is 1. The molecule has 0 atom stereocenters. The lowest BCUT2D eigenvalue weighted by Crippen LogP contribution is -2.24. The summed E-state index contributed by atoms with van der Waals surface area (Å²) in [6.45, 7) is 2.05. The summed E-state index contributed by atoms with van der Waals surface area (Å²) in [4.78, 5) is 16.1. The summed E-state index contributed by atoms with van der Waals surface area (Å²) in [5.74, 6) is -0.226. The largest absolute Gasteiger partial charge is 0.348 e. The average molecular weight is 305 g/mol. The molecule has 0 saturated heterocycles. The predicted octanol–water partition coefficient (Wildman–Crippen LogP) is 0.967. The van der Waals surface area contributed by atoms with Crippen LogP contribution < -0.4 is 10.5 Å². The van der Waals surface area contributed by atoms with Crippen LogP contribution in [0.25, 0.3) is 0 Å². The van der Waals surface area contributed by atoms with Crippen LogP contribution >= 0.6 is 0 Å². The highest BCUT2D eigenvalue weighted by Gasteiger charge is 2.10. The van der Waals surface area contributed by atoms with Crippen molar-refractivity contribution in [2.45, 2.75) is 18.4 Å². The SMILES string of the molecule is Cc1ncccc1C(=O)NCc1ccc(S(N)(=O)=O)cc1. The Morgan fingerprint density at radius 1 is 1.24 bits per heavy atom. The van der Waals surface area contributed by atoms with Crippen molar-refractivity contribution in [2.75, 3.05) is 0 Å². The summed E-state index contributed by atoms with van der Waals surface area (Å²) in [7, 11) is -3.70. The van der Waals surface area contributed by atoms with E-state index >= 15 is 0 Å². The summed E-state index contributed by atoms with van der Waals surface area (Å²) < 4.78 is 22.3. The van der Waals surface area contributed by atoms with E-state index in [2.05, 4.69) is 10.3 Å². The molecule has 0 radical (unpaired) electrons. The first-order chi connectivity index (χ1) is 9.88. The number of pyridine rings is 1. The van der Waals surface area contributed by atoms with Gasteiger partial charge in [-0.05, 0) is 36.8 Å². The fraction of sp³-hybridized carbons (Fsp3) is 0.143. The molecular weight excluding hydrogens is 290 g/mol. The minimum absolute atomic E-state index is 0.0423. The number of rotatable bonds is 4. The third-order valence-corrected chi connectivity index (χ3v) is 3.89. The number of benzene rings is 1. The van der Waals surface area contributed by atoms with Gasteiger partial charge >= 0.3 is 0 Å². The standard InChI is InChI=1S/C14H15N3O3S/c1-10-13(3-2-8-16-10)14(18)17-9-11-4-6-12(7-5-11)21(15,19)20/h2-8H,9H2,1H3,(H,17,18)(H2,15,19,20). The Kier molecular flexibility index (Phi) is 4.35. The third-order valence-electron chi connectivity index (χ3n) is 2.96. The molecular formula is C14H15N3O3S. The molecule has 3 N–H and O–H groups in total. The lowest BCUT2D eigenvalue weighted by molar-refractivity contribution is 0.0950. The normalized spacial score (nSPS) is 11.1. The number of aryl methyl sites for hydroxylation is 1. The first-order valence-electron chi connectivity index (χ1n) is 6.19. The van der Waals surface area contributed by atoms with E-state index in [0.29, 0.717) is 11.3 Å².